The summed E-state index contributed by atoms with van der Waals surface area (Å²) in [6.45, 7) is 8.32. The van der Waals surface area contributed by atoms with E-state index in [1.54, 1.807) is 17.2 Å². The normalized spacial score (nSPS) is 24.1. The van der Waals surface area contributed by atoms with Crippen molar-refractivity contribution in [2.24, 2.45) is 11.3 Å². The number of amides is 1. The molecule has 2 aliphatic heterocycles. The average Bonchev–Trinajstić information content (AvgIpc) is 3.39. The van der Waals surface area contributed by atoms with Gasteiger partial charge in [0.15, 0.2) is 17.2 Å². The molecular weight excluding hydrogens is 451 g/mol. The zero-order chi connectivity index (χ0) is 24.6. The number of hydrogen-bond acceptors (Lipinski definition) is 7. The molecule has 2 saturated heterocycles. The van der Waals surface area contributed by atoms with Crippen LogP contribution in [-0.2, 0) is 4.74 Å². The van der Waals surface area contributed by atoms with Gasteiger partial charge in [-0.15, -0.1) is 0 Å². The summed E-state index contributed by atoms with van der Waals surface area (Å²) in [5.41, 5.74) is -0.181. The maximum Gasteiger partial charge on any atom is 0.410 e. The van der Waals surface area contributed by atoms with Gasteiger partial charge in [-0.25, -0.2) is 19.2 Å². The van der Waals surface area contributed by atoms with Gasteiger partial charge in [0.25, 0.3) is 0 Å². The Balaban J connectivity index is 1.48. The largest absolute Gasteiger partial charge is 0.489 e. The molecule has 1 N–H and O–H groups in total. The first-order chi connectivity index (χ1) is 16.7. The molecule has 188 valence electrons. The molecule has 0 radical (unpaired) electrons. The molecule has 1 aliphatic carbocycles. The molecular formula is C26H33FN4O4. The molecule has 2 atom stereocenters. The van der Waals surface area contributed by atoms with Gasteiger partial charge in [0, 0.05) is 24.6 Å². The van der Waals surface area contributed by atoms with Crippen molar-refractivity contribution in [2.45, 2.75) is 58.1 Å². The van der Waals surface area contributed by atoms with E-state index in [-0.39, 0.29) is 17.6 Å². The molecule has 2 aromatic rings. The smallest absolute Gasteiger partial charge is 0.410 e. The van der Waals surface area contributed by atoms with Crippen molar-refractivity contribution in [1.29, 1.82) is 0 Å². The number of likely N-dealkylation sites (tertiary alicyclic amines) is 1. The number of halogens is 1. The Morgan fingerprint density at radius 1 is 1.23 bits per heavy atom. The molecule has 1 aromatic heterocycles. The standard InChI is InChI=1S/C26H33FN4O4/c1-25(2,3)35-24(32)31-11-9-26(8-10-28-15-26)23(31)22-21(13-29-16-30-22)34-19-7-6-18(27)12-20(19)33-14-17-4-5-17/h6-7,12-13,16-17,23,28H,4-5,8-11,14-15H2,1-3H3. The minimum Gasteiger partial charge on any atom is -0.489 e. The van der Waals surface area contributed by atoms with Crippen LogP contribution in [-0.4, -0.2) is 52.8 Å². The predicted molar refractivity (Wildman–Crippen MR) is 127 cm³/mol. The van der Waals surface area contributed by atoms with Gasteiger partial charge in [0.2, 0.25) is 0 Å². The number of nitrogens with zero attached hydrogens (tertiary/aromatic N) is 3. The highest BCUT2D eigenvalue weighted by Gasteiger charge is 2.53. The van der Waals surface area contributed by atoms with Crippen LogP contribution < -0.4 is 14.8 Å². The summed E-state index contributed by atoms with van der Waals surface area (Å²) in [6, 6.07) is 3.89. The van der Waals surface area contributed by atoms with Crippen LogP contribution in [0.25, 0.3) is 0 Å². The van der Waals surface area contributed by atoms with Crippen molar-refractivity contribution in [3.05, 3.63) is 42.2 Å². The van der Waals surface area contributed by atoms with E-state index >= 15 is 0 Å². The Bertz CT molecular complexity index is 1080. The summed E-state index contributed by atoms with van der Waals surface area (Å²) >= 11 is 0. The Labute approximate surface area is 205 Å². The molecule has 35 heavy (non-hydrogen) atoms. The van der Waals surface area contributed by atoms with Gasteiger partial charge in [-0.1, -0.05) is 0 Å². The van der Waals surface area contributed by atoms with E-state index in [1.165, 1.54) is 18.5 Å². The van der Waals surface area contributed by atoms with Crippen LogP contribution >= 0.6 is 0 Å². The average molecular weight is 485 g/mol. The lowest BCUT2D eigenvalue weighted by atomic mass is 9.78. The van der Waals surface area contributed by atoms with Crippen LogP contribution in [0.4, 0.5) is 9.18 Å². The van der Waals surface area contributed by atoms with E-state index in [1.807, 2.05) is 20.8 Å². The van der Waals surface area contributed by atoms with Crippen LogP contribution in [0, 0.1) is 17.2 Å². The molecule has 9 heteroatoms. The summed E-state index contributed by atoms with van der Waals surface area (Å²) in [5.74, 6) is 1.28. The van der Waals surface area contributed by atoms with Crippen molar-refractivity contribution >= 4 is 6.09 Å². The maximum absolute atomic E-state index is 14.0. The fourth-order valence-corrected chi connectivity index (χ4v) is 5.00. The van der Waals surface area contributed by atoms with Crippen LogP contribution in [0.3, 0.4) is 0 Å². The number of rotatable bonds is 6. The fourth-order valence-electron chi connectivity index (χ4n) is 5.00. The predicted octanol–water partition coefficient (Wildman–Crippen LogP) is 4.86. The number of carbonyl (C=O) groups is 1. The Kier molecular flexibility index (Phi) is 6.29. The van der Waals surface area contributed by atoms with Crippen molar-refractivity contribution in [3.8, 4) is 17.2 Å². The number of carbonyl (C=O) groups excluding carboxylic acids is 1. The molecule has 2 unspecified atom stereocenters. The second-order valence-corrected chi connectivity index (χ2v) is 10.8. The lowest BCUT2D eigenvalue weighted by Gasteiger charge is -2.35. The lowest BCUT2D eigenvalue weighted by molar-refractivity contribution is 0.0160. The number of ether oxygens (including phenoxy) is 3. The topological polar surface area (TPSA) is 85.8 Å². The van der Waals surface area contributed by atoms with Crippen LogP contribution in [0.2, 0.25) is 0 Å². The third-order valence-electron chi connectivity index (χ3n) is 6.91. The van der Waals surface area contributed by atoms with Gasteiger partial charge in [-0.2, -0.15) is 0 Å². The van der Waals surface area contributed by atoms with Gasteiger partial charge in [-0.05, 0) is 71.0 Å². The molecule has 1 saturated carbocycles. The molecule has 1 spiro atoms. The highest BCUT2D eigenvalue weighted by Crippen LogP contribution is 2.53. The summed E-state index contributed by atoms with van der Waals surface area (Å²) in [5, 5.41) is 3.46. The quantitative estimate of drug-likeness (QED) is 0.627. The molecule has 3 fully saturated rings. The third-order valence-corrected chi connectivity index (χ3v) is 6.91. The van der Waals surface area contributed by atoms with E-state index in [0.29, 0.717) is 42.0 Å². The monoisotopic (exact) mass is 484 g/mol. The first-order valence-corrected chi connectivity index (χ1v) is 12.3. The van der Waals surface area contributed by atoms with Crippen molar-refractivity contribution in [3.63, 3.8) is 0 Å². The number of nitrogens with one attached hydrogen (secondary N) is 1. The molecule has 8 nitrogen and oxygen atoms in total. The van der Waals surface area contributed by atoms with Gasteiger partial charge < -0.3 is 19.5 Å². The third kappa shape index (κ3) is 5.19. The highest BCUT2D eigenvalue weighted by atomic mass is 19.1. The molecule has 3 aliphatic rings. The summed E-state index contributed by atoms with van der Waals surface area (Å²) in [4.78, 5) is 23.8. The molecule has 5 rings (SSSR count). The van der Waals surface area contributed by atoms with Gasteiger partial charge in [0.05, 0.1) is 18.8 Å². The summed E-state index contributed by atoms with van der Waals surface area (Å²) < 4.78 is 31.9. The van der Waals surface area contributed by atoms with Crippen molar-refractivity contribution < 1.29 is 23.4 Å². The first-order valence-electron chi connectivity index (χ1n) is 12.3. The van der Waals surface area contributed by atoms with Crippen molar-refractivity contribution in [1.82, 2.24) is 20.2 Å². The minimum atomic E-state index is -0.613. The van der Waals surface area contributed by atoms with E-state index < -0.39 is 11.4 Å². The van der Waals surface area contributed by atoms with E-state index in [9.17, 15) is 9.18 Å². The van der Waals surface area contributed by atoms with E-state index in [4.69, 9.17) is 14.2 Å². The van der Waals surface area contributed by atoms with E-state index in [2.05, 4.69) is 15.3 Å². The van der Waals surface area contributed by atoms with E-state index in [0.717, 1.165) is 38.8 Å². The summed E-state index contributed by atoms with van der Waals surface area (Å²) in [6.07, 6.45) is 6.69. The molecule has 1 amide bonds. The van der Waals surface area contributed by atoms with Crippen LogP contribution in [0.5, 0.6) is 17.2 Å². The van der Waals surface area contributed by atoms with Gasteiger partial charge in [0.1, 0.15) is 23.4 Å². The highest BCUT2D eigenvalue weighted by molar-refractivity contribution is 5.70. The number of hydrogen-bond donors (Lipinski definition) is 1. The molecule has 1 aromatic carbocycles. The first kappa shape index (κ1) is 23.8. The Morgan fingerprint density at radius 2 is 2.06 bits per heavy atom. The SMILES string of the molecule is CC(C)(C)OC(=O)N1CCC2(CCNC2)C1c1ncncc1Oc1ccc(F)cc1OCC1CC1. The molecule has 0 bridgehead atoms. The second-order valence-electron chi connectivity index (χ2n) is 10.8. The lowest BCUT2D eigenvalue weighted by Crippen LogP contribution is -2.40. The van der Waals surface area contributed by atoms with Crippen LogP contribution in [0.15, 0.2) is 30.7 Å². The maximum atomic E-state index is 14.0. The molecule has 3 heterocycles. The van der Waals surface area contributed by atoms with Gasteiger partial charge >= 0.3 is 6.09 Å². The Hall–Kier alpha value is -2.94. The van der Waals surface area contributed by atoms with Gasteiger partial charge in [-0.3, -0.25) is 4.90 Å². The summed E-state index contributed by atoms with van der Waals surface area (Å²) in [7, 11) is 0. The minimum absolute atomic E-state index is 0.183. The van der Waals surface area contributed by atoms with Crippen molar-refractivity contribution in [2.75, 3.05) is 26.2 Å². The second kappa shape index (κ2) is 9.26. The number of aromatic nitrogens is 2. The fraction of sp³-hybridized carbons (Fsp3) is 0.577. The zero-order valence-corrected chi connectivity index (χ0v) is 20.6. The number of benzene rings is 1. The Morgan fingerprint density at radius 3 is 2.77 bits per heavy atom. The van der Waals surface area contributed by atoms with Crippen LogP contribution in [0.1, 0.15) is 58.2 Å². The zero-order valence-electron chi connectivity index (χ0n) is 20.6.